The van der Waals surface area contributed by atoms with Gasteiger partial charge in [-0.3, -0.25) is 4.79 Å². The lowest BCUT2D eigenvalue weighted by Crippen LogP contribution is -2.49. The lowest BCUT2D eigenvalue weighted by atomic mass is 10.1. The Labute approximate surface area is 182 Å². The lowest BCUT2D eigenvalue weighted by Gasteiger charge is -2.35. The number of amides is 1. The number of nitrogens with one attached hydrogen (secondary N) is 1. The third-order valence-electron chi connectivity index (χ3n) is 5.27. The third-order valence-corrected chi connectivity index (χ3v) is 5.27. The van der Waals surface area contributed by atoms with Gasteiger partial charge in [0.25, 0.3) is 5.91 Å². The van der Waals surface area contributed by atoms with Crippen LogP contribution in [0.15, 0.2) is 54.7 Å². The smallest absolute Gasteiger partial charge is 0.253 e. The van der Waals surface area contributed by atoms with Crippen molar-refractivity contribution in [3.8, 4) is 0 Å². The molecule has 160 valence electrons. The molecule has 1 N–H and O–H groups in total. The molecular formula is C23H27N7O. The number of rotatable bonds is 5. The van der Waals surface area contributed by atoms with E-state index < -0.39 is 0 Å². The van der Waals surface area contributed by atoms with Crippen molar-refractivity contribution in [2.75, 3.05) is 55.4 Å². The van der Waals surface area contributed by atoms with E-state index in [1.54, 1.807) is 6.20 Å². The minimum Gasteiger partial charge on any atom is -0.378 e. The van der Waals surface area contributed by atoms with Crippen molar-refractivity contribution in [1.29, 1.82) is 0 Å². The predicted octanol–water partition coefficient (Wildman–Crippen LogP) is 2.95. The Morgan fingerprint density at radius 3 is 2.35 bits per heavy atom. The van der Waals surface area contributed by atoms with Crippen LogP contribution in [0, 0.1) is 6.92 Å². The van der Waals surface area contributed by atoms with Gasteiger partial charge in [-0.05, 0) is 43.3 Å². The predicted molar refractivity (Wildman–Crippen MR) is 123 cm³/mol. The maximum Gasteiger partial charge on any atom is 0.253 e. The van der Waals surface area contributed by atoms with E-state index in [-0.39, 0.29) is 5.91 Å². The molecule has 0 aliphatic carbocycles. The molecule has 1 saturated heterocycles. The van der Waals surface area contributed by atoms with Crippen molar-refractivity contribution in [2.24, 2.45) is 0 Å². The summed E-state index contributed by atoms with van der Waals surface area (Å²) >= 11 is 0. The number of pyridine rings is 1. The van der Waals surface area contributed by atoms with Crippen LogP contribution in [0.1, 0.15) is 16.2 Å². The van der Waals surface area contributed by atoms with Gasteiger partial charge in [0.1, 0.15) is 23.3 Å². The summed E-state index contributed by atoms with van der Waals surface area (Å²) in [5, 5.41) is 3.23. The van der Waals surface area contributed by atoms with E-state index in [1.807, 2.05) is 79.3 Å². The van der Waals surface area contributed by atoms with Crippen LogP contribution < -0.4 is 15.1 Å². The molecule has 1 aliphatic heterocycles. The fraction of sp³-hybridized carbons (Fsp3) is 0.304. The van der Waals surface area contributed by atoms with E-state index in [0.717, 1.165) is 36.0 Å². The summed E-state index contributed by atoms with van der Waals surface area (Å²) in [6.07, 6.45) is 1.74. The average molecular weight is 418 g/mol. The molecule has 0 atom stereocenters. The molecule has 1 aromatic carbocycles. The molecule has 8 heteroatoms. The molecule has 1 amide bonds. The van der Waals surface area contributed by atoms with E-state index >= 15 is 0 Å². The van der Waals surface area contributed by atoms with Gasteiger partial charge in [-0.2, -0.15) is 0 Å². The Morgan fingerprint density at radius 1 is 0.968 bits per heavy atom. The normalized spacial score (nSPS) is 13.8. The highest BCUT2D eigenvalue weighted by Gasteiger charge is 2.23. The molecule has 0 radical (unpaired) electrons. The minimum atomic E-state index is 0.0707. The van der Waals surface area contributed by atoms with Gasteiger partial charge in [0.2, 0.25) is 0 Å². The first kappa shape index (κ1) is 20.6. The summed E-state index contributed by atoms with van der Waals surface area (Å²) in [6.45, 7) is 4.63. The van der Waals surface area contributed by atoms with Gasteiger partial charge in [0, 0.05) is 63.8 Å². The molecule has 4 rings (SSSR count). The quantitative estimate of drug-likeness (QED) is 0.684. The highest BCUT2D eigenvalue weighted by molar-refractivity contribution is 5.94. The van der Waals surface area contributed by atoms with Crippen LogP contribution in [0.5, 0.6) is 0 Å². The highest BCUT2D eigenvalue weighted by atomic mass is 16.2. The number of carbonyl (C=O) groups is 1. The summed E-state index contributed by atoms with van der Waals surface area (Å²) in [5.41, 5.74) is 1.80. The minimum absolute atomic E-state index is 0.0707. The molecule has 0 unspecified atom stereocenters. The number of carbonyl (C=O) groups excluding carboxylic acids is 1. The summed E-state index contributed by atoms with van der Waals surface area (Å²) in [7, 11) is 3.98. The fourth-order valence-corrected chi connectivity index (χ4v) is 3.57. The van der Waals surface area contributed by atoms with Crippen LogP contribution in [0.3, 0.4) is 0 Å². The van der Waals surface area contributed by atoms with Crippen molar-refractivity contribution in [2.45, 2.75) is 6.92 Å². The maximum atomic E-state index is 12.9. The number of hydrogen-bond acceptors (Lipinski definition) is 7. The second-order valence-electron chi connectivity index (χ2n) is 7.72. The van der Waals surface area contributed by atoms with Crippen LogP contribution in [-0.4, -0.2) is 66.0 Å². The van der Waals surface area contributed by atoms with Gasteiger partial charge in [-0.1, -0.05) is 6.07 Å². The molecular weight excluding hydrogens is 390 g/mol. The van der Waals surface area contributed by atoms with Crippen molar-refractivity contribution < 1.29 is 4.79 Å². The molecule has 2 aromatic heterocycles. The number of nitrogens with zero attached hydrogens (tertiary/aromatic N) is 6. The molecule has 0 saturated carbocycles. The van der Waals surface area contributed by atoms with E-state index in [2.05, 4.69) is 25.2 Å². The molecule has 0 spiro atoms. The average Bonchev–Trinajstić information content (AvgIpc) is 2.79. The van der Waals surface area contributed by atoms with Gasteiger partial charge >= 0.3 is 0 Å². The number of aryl methyl sites for hydroxylation is 1. The van der Waals surface area contributed by atoms with Crippen LogP contribution in [0.2, 0.25) is 0 Å². The Morgan fingerprint density at radius 2 is 1.71 bits per heavy atom. The van der Waals surface area contributed by atoms with Gasteiger partial charge < -0.3 is 20.0 Å². The van der Waals surface area contributed by atoms with Crippen molar-refractivity contribution in [3.63, 3.8) is 0 Å². The first-order chi connectivity index (χ1) is 15.0. The summed E-state index contributed by atoms with van der Waals surface area (Å²) in [4.78, 5) is 32.4. The number of hydrogen-bond donors (Lipinski definition) is 1. The van der Waals surface area contributed by atoms with Crippen LogP contribution in [0.4, 0.5) is 23.1 Å². The second kappa shape index (κ2) is 8.99. The van der Waals surface area contributed by atoms with Gasteiger partial charge in [-0.15, -0.1) is 0 Å². The topological polar surface area (TPSA) is 77.5 Å². The Balaban J connectivity index is 1.41. The molecule has 1 fully saturated rings. The van der Waals surface area contributed by atoms with E-state index in [0.29, 0.717) is 24.7 Å². The van der Waals surface area contributed by atoms with Crippen molar-refractivity contribution in [3.05, 3.63) is 66.1 Å². The zero-order valence-electron chi connectivity index (χ0n) is 18.1. The van der Waals surface area contributed by atoms with Crippen molar-refractivity contribution >= 4 is 29.0 Å². The first-order valence-corrected chi connectivity index (χ1v) is 10.3. The fourth-order valence-electron chi connectivity index (χ4n) is 3.57. The van der Waals surface area contributed by atoms with Gasteiger partial charge in [-0.25, -0.2) is 15.0 Å². The Bertz CT molecular complexity index is 1030. The van der Waals surface area contributed by atoms with E-state index in [9.17, 15) is 4.79 Å². The third kappa shape index (κ3) is 4.91. The first-order valence-electron chi connectivity index (χ1n) is 10.3. The molecule has 31 heavy (non-hydrogen) atoms. The summed E-state index contributed by atoms with van der Waals surface area (Å²) in [6, 6.07) is 15.4. The van der Waals surface area contributed by atoms with Gasteiger partial charge in [0.15, 0.2) is 0 Å². The largest absolute Gasteiger partial charge is 0.378 e. The Kier molecular flexibility index (Phi) is 5.97. The number of piperazine rings is 1. The Hall–Kier alpha value is -3.68. The highest BCUT2D eigenvalue weighted by Crippen LogP contribution is 2.21. The van der Waals surface area contributed by atoms with Crippen LogP contribution in [-0.2, 0) is 0 Å². The number of benzene rings is 1. The molecule has 8 nitrogen and oxygen atoms in total. The summed E-state index contributed by atoms with van der Waals surface area (Å²) in [5.74, 6) is 3.06. The zero-order valence-corrected chi connectivity index (χ0v) is 18.1. The lowest BCUT2D eigenvalue weighted by molar-refractivity contribution is 0.0746. The molecule has 3 heterocycles. The number of anilines is 4. The molecule has 0 bridgehead atoms. The standard InChI is InChI=1S/C23H27N7O/c1-17-25-21(27-20-6-4-5-11-24-20)16-22(26-17)29-12-14-30(15-13-29)23(31)18-7-9-19(10-8-18)28(2)3/h4-11,16H,12-15H2,1-3H3,(H,24,25,26,27). The SMILES string of the molecule is Cc1nc(Nc2ccccn2)cc(N2CCN(C(=O)c3ccc(N(C)C)cc3)CC2)n1. The zero-order chi connectivity index (χ0) is 21.8. The van der Waals surface area contributed by atoms with E-state index in [1.165, 1.54) is 0 Å². The molecule has 1 aliphatic rings. The monoisotopic (exact) mass is 417 g/mol. The van der Waals surface area contributed by atoms with E-state index in [4.69, 9.17) is 0 Å². The maximum absolute atomic E-state index is 12.9. The van der Waals surface area contributed by atoms with Crippen LogP contribution in [0.25, 0.3) is 0 Å². The summed E-state index contributed by atoms with van der Waals surface area (Å²) < 4.78 is 0. The van der Waals surface area contributed by atoms with Crippen molar-refractivity contribution in [1.82, 2.24) is 19.9 Å². The van der Waals surface area contributed by atoms with Crippen LogP contribution >= 0.6 is 0 Å². The second-order valence-corrected chi connectivity index (χ2v) is 7.72. The number of aromatic nitrogens is 3. The molecule has 3 aromatic rings. The van der Waals surface area contributed by atoms with Gasteiger partial charge in [0.05, 0.1) is 0 Å².